The van der Waals surface area contributed by atoms with Crippen molar-refractivity contribution in [1.82, 2.24) is 29.9 Å². The van der Waals surface area contributed by atoms with Crippen LogP contribution < -0.4 is 0 Å². The molecule has 0 fully saturated rings. The van der Waals surface area contributed by atoms with E-state index in [-0.39, 0.29) is 0 Å². The summed E-state index contributed by atoms with van der Waals surface area (Å²) >= 11 is 0. The number of hydrogen-bond acceptors (Lipinski definition) is 5. The van der Waals surface area contributed by atoms with Crippen LogP contribution in [-0.2, 0) is 30.9 Å². The van der Waals surface area contributed by atoms with Gasteiger partial charge >= 0.3 is 0 Å². The molecule has 0 bridgehead atoms. The van der Waals surface area contributed by atoms with Gasteiger partial charge in [0.1, 0.15) is 12.4 Å². The van der Waals surface area contributed by atoms with Gasteiger partial charge in [-0.1, -0.05) is 0 Å². The fraction of sp³-hybridized carbons (Fsp3) is 0.615. The molecule has 0 saturated carbocycles. The summed E-state index contributed by atoms with van der Waals surface area (Å²) in [5.74, 6) is 1.97. The third-order valence-corrected chi connectivity index (χ3v) is 3.83. The van der Waals surface area contributed by atoms with E-state index in [4.69, 9.17) is 4.74 Å². The zero-order chi connectivity index (χ0) is 13.9. The number of hydrogen-bond donors (Lipinski definition) is 1. The van der Waals surface area contributed by atoms with Crippen LogP contribution in [0.15, 0.2) is 12.4 Å². The van der Waals surface area contributed by atoms with Gasteiger partial charge in [0.15, 0.2) is 5.82 Å². The number of aromatic nitrogens is 5. The van der Waals surface area contributed by atoms with Crippen molar-refractivity contribution in [3.05, 3.63) is 29.6 Å². The third-order valence-electron chi connectivity index (χ3n) is 3.83. The first-order valence-electron chi connectivity index (χ1n) is 6.89. The van der Waals surface area contributed by atoms with Gasteiger partial charge in [-0.2, -0.15) is 5.10 Å². The molecule has 7 heteroatoms. The van der Waals surface area contributed by atoms with E-state index in [1.54, 1.807) is 7.11 Å². The van der Waals surface area contributed by atoms with E-state index in [9.17, 15) is 0 Å². The summed E-state index contributed by atoms with van der Waals surface area (Å²) < 4.78 is 7.37. The molecule has 1 atom stereocenters. The van der Waals surface area contributed by atoms with Gasteiger partial charge in [-0.05, 0) is 6.92 Å². The smallest absolute Gasteiger partial charge is 0.159 e. The highest BCUT2D eigenvalue weighted by molar-refractivity contribution is 5.05. The van der Waals surface area contributed by atoms with E-state index in [0.717, 1.165) is 37.7 Å². The van der Waals surface area contributed by atoms with Crippen LogP contribution >= 0.6 is 0 Å². The van der Waals surface area contributed by atoms with E-state index >= 15 is 0 Å². The van der Waals surface area contributed by atoms with Crippen LogP contribution in [-0.4, -0.2) is 49.6 Å². The number of rotatable bonds is 4. The molecule has 0 aliphatic carbocycles. The Morgan fingerprint density at radius 2 is 2.30 bits per heavy atom. The highest BCUT2D eigenvalue weighted by Crippen LogP contribution is 2.17. The number of H-pyrrole nitrogens is 1. The largest absolute Gasteiger partial charge is 0.377 e. The first kappa shape index (κ1) is 13.3. The van der Waals surface area contributed by atoms with Crippen LogP contribution in [0.4, 0.5) is 0 Å². The number of methoxy groups -OCH3 is 1. The lowest BCUT2D eigenvalue weighted by Crippen LogP contribution is -2.34. The Kier molecular flexibility index (Phi) is 3.79. The molecule has 0 aromatic carbocycles. The average Bonchev–Trinajstić information content (AvgIpc) is 3.03. The van der Waals surface area contributed by atoms with Crippen LogP contribution in [0.5, 0.6) is 0 Å². The van der Waals surface area contributed by atoms with Crippen molar-refractivity contribution in [3.63, 3.8) is 0 Å². The van der Waals surface area contributed by atoms with E-state index in [1.807, 2.05) is 12.4 Å². The maximum Gasteiger partial charge on any atom is 0.159 e. The Labute approximate surface area is 117 Å². The highest BCUT2D eigenvalue weighted by atomic mass is 16.5. The minimum absolute atomic E-state index is 0.436. The predicted octanol–water partition coefficient (Wildman–Crippen LogP) is 0.594. The van der Waals surface area contributed by atoms with Crippen molar-refractivity contribution in [1.29, 1.82) is 0 Å². The molecule has 0 saturated heterocycles. The Bertz CT molecular complexity index is 549. The van der Waals surface area contributed by atoms with Crippen molar-refractivity contribution in [2.45, 2.75) is 39.1 Å². The molecule has 108 valence electrons. The Balaban J connectivity index is 1.74. The second-order valence-corrected chi connectivity index (χ2v) is 5.25. The molecule has 7 nitrogen and oxygen atoms in total. The molecule has 1 aliphatic rings. The molecule has 3 heterocycles. The van der Waals surface area contributed by atoms with Gasteiger partial charge in [0, 0.05) is 51.0 Å². The second kappa shape index (κ2) is 5.72. The highest BCUT2D eigenvalue weighted by Gasteiger charge is 2.24. The van der Waals surface area contributed by atoms with Crippen molar-refractivity contribution in [2.75, 3.05) is 13.7 Å². The number of ether oxygens (including phenoxy) is 1. The minimum Gasteiger partial charge on any atom is -0.377 e. The Morgan fingerprint density at radius 3 is 3.05 bits per heavy atom. The lowest BCUT2D eigenvalue weighted by Gasteiger charge is -2.25. The van der Waals surface area contributed by atoms with Crippen molar-refractivity contribution in [3.8, 4) is 0 Å². The standard InChI is InChI=1S/C13H20N6O/c1-10-5-12-16-17-13(9-20-2)19(12)4-3-18(10)8-11-6-14-15-7-11/h6-7,10H,3-5,8-9H2,1-2H3,(H,14,15)/t10-/m0/s1. The lowest BCUT2D eigenvalue weighted by atomic mass is 10.2. The normalized spacial score (nSPS) is 19.8. The van der Waals surface area contributed by atoms with E-state index in [0.29, 0.717) is 12.6 Å². The molecule has 0 amide bonds. The number of fused-ring (bicyclic) bond motifs is 1. The molecule has 1 aliphatic heterocycles. The minimum atomic E-state index is 0.436. The molecule has 0 unspecified atom stereocenters. The molecule has 2 aromatic rings. The number of nitrogens with zero attached hydrogens (tertiary/aromatic N) is 5. The third kappa shape index (κ3) is 2.59. The SMILES string of the molecule is COCc1nnc2n1CCN(Cc1cn[nH]c1)[C@@H](C)C2. The van der Waals surface area contributed by atoms with Crippen molar-refractivity contribution < 1.29 is 4.74 Å². The zero-order valence-electron chi connectivity index (χ0n) is 11.9. The van der Waals surface area contributed by atoms with Gasteiger partial charge in [0.25, 0.3) is 0 Å². The van der Waals surface area contributed by atoms with Crippen molar-refractivity contribution >= 4 is 0 Å². The summed E-state index contributed by atoms with van der Waals surface area (Å²) in [6.45, 7) is 5.55. The van der Waals surface area contributed by atoms with Crippen LogP contribution in [0.25, 0.3) is 0 Å². The zero-order valence-corrected chi connectivity index (χ0v) is 11.9. The maximum absolute atomic E-state index is 5.18. The summed E-state index contributed by atoms with van der Waals surface area (Å²) in [6, 6.07) is 0.436. The summed E-state index contributed by atoms with van der Waals surface area (Å²) in [7, 11) is 1.69. The summed E-state index contributed by atoms with van der Waals surface area (Å²) in [5.41, 5.74) is 1.21. The molecule has 3 rings (SSSR count). The van der Waals surface area contributed by atoms with Gasteiger partial charge in [-0.15, -0.1) is 10.2 Å². The van der Waals surface area contributed by atoms with Gasteiger partial charge < -0.3 is 9.30 Å². The van der Waals surface area contributed by atoms with E-state index in [2.05, 4.69) is 36.8 Å². The van der Waals surface area contributed by atoms with Crippen molar-refractivity contribution in [2.24, 2.45) is 0 Å². The Morgan fingerprint density at radius 1 is 1.40 bits per heavy atom. The fourth-order valence-corrected chi connectivity index (χ4v) is 2.69. The van der Waals surface area contributed by atoms with Crippen LogP contribution in [0.3, 0.4) is 0 Å². The first-order valence-corrected chi connectivity index (χ1v) is 6.89. The summed E-state index contributed by atoms with van der Waals surface area (Å²) in [6.07, 6.45) is 4.75. The van der Waals surface area contributed by atoms with Crippen LogP contribution in [0.2, 0.25) is 0 Å². The van der Waals surface area contributed by atoms with E-state index < -0.39 is 0 Å². The molecular weight excluding hydrogens is 256 g/mol. The molecular formula is C13H20N6O. The summed E-state index contributed by atoms with van der Waals surface area (Å²) in [5, 5.41) is 15.4. The molecule has 0 spiro atoms. The topological polar surface area (TPSA) is 71.9 Å². The average molecular weight is 276 g/mol. The van der Waals surface area contributed by atoms with Gasteiger partial charge in [-0.3, -0.25) is 10.00 Å². The van der Waals surface area contributed by atoms with Gasteiger partial charge in [0.2, 0.25) is 0 Å². The lowest BCUT2D eigenvalue weighted by molar-refractivity contribution is 0.171. The summed E-state index contributed by atoms with van der Waals surface area (Å²) in [4.78, 5) is 2.45. The quantitative estimate of drug-likeness (QED) is 0.885. The van der Waals surface area contributed by atoms with Gasteiger partial charge in [-0.25, -0.2) is 0 Å². The van der Waals surface area contributed by atoms with Crippen LogP contribution in [0, 0.1) is 0 Å². The Hall–Kier alpha value is -1.73. The monoisotopic (exact) mass is 276 g/mol. The molecule has 0 radical (unpaired) electrons. The van der Waals surface area contributed by atoms with E-state index in [1.165, 1.54) is 5.56 Å². The molecule has 20 heavy (non-hydrogen) atoms. The van der Waals surface area contributed by atoms with Crippen LogP contribution in [0.1, 0.15) is 24.1 Å². The first-order chi connectivity index (χ1) is 9.78. The maximum atomic E-state index is 5.18. The fourth-order valence-electron chi connectivity index (χ4n) is 2.69. The van der Waals surface area contributed by atoms with Gasteiger partial charge in [0.05, 0.1) is 6.20 Å². The molecule has 2 aromatic heterocycles. The molecule has 1 N–H and O–H groups in total. The predicted molar refractivity (Wildman–Crippen MR) is 72.9 cm³/mol. The number of aromatic amines is 1. The second-order valence-electron chi connectivity index (χ2n) is 5.25. The number of nitrogens with one attached hydrogen (secondary N) is 1.